The summed E-state index contributed by atoms with van der Waals surface area (Å²) in [6.45, 7) is 9.86. The van der Waals surface area contributed by atoms with Gasteiger partial charge >= 0.3 is 6.03 Å². The molecule has 0 aliphatic heterocycles. The van der Waals surface area contributed by atoms with Gasteiger partial charge in [0.1, 0.15) is 0 Å². The van der Waals surface area contributed by atoms with Crippen LogP contribution in [0.3, 0.4) is 0 Å². The minimum atomic E-state index is -0.351. The van der Waals surface area contributed by atoms with Crippen molar-refractivity contribution in [3.63, 3.8) is 0 Å². The van der Waals surface area contributed by atoms with Crippen LogP contribution in [0.1, 0.15) is 45.7 Å². The first-order valence-corrected chi connectivity index (χ1v) is 7.31. The topological polar surface area (TPSA) is 79.5 Å². The van der Waals surface area contributed by atoms with Crippen molar-refractivity contribution < 1.29 is 4.79 Å². The van der Waals surface area contributed by atoms with Crippen molar-refractivity contribution >= 4 is 17.7 Å². The Labute approximate surface area is 127 Å². The van der Waals surface area contributed by atoms with E-state index in [1.807, 2.05) is 39.0 Å². The van der Waals surface area contributed by atoms with Gasteiger partial charge in [0.15, 0.2) is 0 Å². The molecule has 0 bridgehead atoms. The van der Waals surface area contributed by atoms with Gasteiger partial charge in [0.25, 0.3) is 0 Å². The number of carbonyl (C=O) groups is 1. The number of benzene rings is 1. The SMILES string of the molecule is CCc1cccc(CC)c1N=C(N)NC(=O)NC(C)(C)C. The maximum Gasteiger partial charge on any atom is 0.321 e. The summed E-state index contributed by atoms with van der Waals surface area (Å²) in [7, 11) is 0. The number of aliphatic imine (C=N–C) groups is 1. The number of aryl methyl sites for hydroxylation is 2. The molecule has 0 radical (unpaired) electrons. The fraction of sp³-hybridized carbons (Fsp3) is 0.500. The highest BCUT2D eigenvalue weighted by Crippen LogP contribution is 2.25. The Bertz CT molecular complexity index is 507. The van der Waals surface area contributed by atoms with Crippen molar-refractivity contribution in [2.75, 3.05) is 0 Å². The number of amides is 2. The Balaban J connectivity index is 2.94. The van der Waals surface area contributed by atoms with Crippen LogP contribution in [0.2, 0.25) is 0 Å². The predicted octanol–water partition coefficient (Wildman–Crippen LogP) is 2.86. The van der Waals surface area contributed by atoms with Crippen molar-refractivity contribution in [2.45, 2.75) is 53.0 Å². The van der Waals surface area contributed by atoms with Crippen LogP contribution in [0.5, 0.6) is 0 Å². The number of nitrogens with zero attached hydrogens (tertiary/aromatic N) is 1. The summed E-state index contributed by atoms with van der Waals surface area (Å²) in [5.41, 5.74) is 8.63. The second-order valence-corrected chi connectivity index (χ2v) is 5.96. The van der Waals surface area contributed by atoms with Crippen LogP contribution in [0, 0.1) is 0 Å². The van der Waals surface area contributed by atoms with Crippen molar-refractivity contribution in [1.82, 2.24) is 10.6 Å². The fourth-order valence-corrected chi connectivity index (χ4v) is 2.00. The Kier molecular flexibility index (Phi) is 5.76. The predicted molar refractivity (Wildman–Crippen MR) is 87.9 cm³/mol. The summed E-state index contributed by atoms with van der Waals surface area (Å²) < 4.78 is 0. The molecule has 5 nitrogen and oxygen atoms in total. The zero-order valence-electron chi connectivity index (χ0n) is 13.6. The van der Waals surface area contributed by atoms with Gasteiger partial charge in [-0.15, -0.1) is 0 Å². The van der Waals surface area contributed by atoms with Gasteiger partial charge in [-0.3, -0.25) is 5.32 Å². The molecule has 0 spiro atoms. The molecule has 116 valence electrons. The average molecular weight is 290 g/mol. The van der Waals surface area contributed by atoms with Crippen LogP contribution >= 0.6 is 0 Å². The van der Waals surface area contributed by atoms with E-state index >= 15 is 0 Å². The van der Waals surface area contributed by atoms with Crippen LogP contribution in [-0.4, -0.2) is 17.5 Å². The number of hydrogen-bond donors (Lipinski definition) is 3. The molecule has 5 heteroatoms. The highest BCUT2D eigenvalue weighted by Gasteiger charge is 2.14. The molecule has 0 saturated carbocycles. The molecule has 1 rings (SSSR count). The number of nitrogens with two attached hydrogens (primary N) is 1. The lowest BCUT2D eigenvalue weighted by molar-refractivity contribution is 0.236. The largest absolute Gasteiger partial charge is 0.369 e. The van der Waals surface area contributed by atoms with E-state index in [2.05, 4.69) is 29.5 Å². The van der Waals surface area contributed by atoms with Crippen LogP contribution in [-0.2, 0) is 12.8 Å². The maximum atomic E-state index is 11.8. The first-order valence-electron chi connectivity index (χ1n) is 7.31. The quantitative estimate of drug-likeness (QED) is 0.591. The Morgan fingerprint density at radius 2 is 1.71 bits per heavy atom. The number of guanidine groups is 1. The highest BCUT2D eigenvalue weighted by molar-refractivity contribution is 5.96. The third-order valence-electron chi connectivity index (χ3n) is 2.93. The minimum absolute atomic E-state index is 0.104. The van der Waals surface area contributed by atoms with Gasteiger partial charge in [-0.05, 0) is 44.7 Å². The molecule has 1 aromatic rings. The first-order chi connectivity index (χ1) is 9.76. The second kappa shape index (κ2) is 7.11. The molecule has 0 unspecified atom stereocenters. The van der Waals surface area contributed by atoms with E-state index in [9.17, 15) is 4.79 Å². The van der Waals surface area contributed by atoms with Crippen LogP contribution in [0.25, 0.3) is 0 Å². The molecule has 4 N–H and O–H groups in total. The average Bonchev–Trinajstić information content (AvgIpc) is 2.36. The van der Waals surface area contributed by atoms with Crippen LogP contribution in [0.15, 0.2) is 23.2 Å². The summed E-state index contributed by atoms with van der Waals surface area (Å²) in [4.78, 5) is 16.2. The molecule has 21 heavy (non-hydrogen) atoms. The number of nitrogens with one attached hydrogen (secondary N) is 2. The zero-order chi connectivity index (χ0) is 16.0. The van der Waals surface area contributed by atoms with E-state index in [1.165, 1.54) is 0 Å². The van der Waals surface area contributed by atoms with Crippen molar-refractivity contribution in [3.8, 4) is 0 Å². The van der Waals surface area contributed by atoms with E-state index in [4.69, 9.17) is 5.73 Å². The highest BCUT2D eigenvalue weighted by atomic mass is 16.2. The Morgan fingerprint density at radius 1 is 1.19 bits per heavy atom. The van der Waals surface area contributed by atoms with E-state index in [1.54, 1.807) is 0 Å². The lowest BCUT2D eigenvalue weighted by Gasteiger charge is -2.20. The van der Waals surface area contributed by atoms with E-state index < -0.39 is 0 Å². The fourth-order valence-electron chi connectivity index (χ4n) is 2.00. The molecule has 0 heterocycles. The van der Waals surface area contributed by atoms with E-state index in [0.717, 1.165) is 29.7 Å². The Hall–Kier alpha value is -2.04. The number of para-hydroxylation sites is 1. The molecule has 0 aromatic heterocycles. The number of rotatable bonds is 3. The summed E-state index contributed by atoms with van der Waals surface area (Å²) in [5, 5.41) is 5.35. The Morgan fingerprint density at radius 3 is 2.14 bits per heavy atom. The number of carbonyl (C=O) groups excluding carboxylic acids is 1. The molecule has 2 amide bonds. The van der Waals surface area contributed by atoms with Gasteiger partial charge in [-0.25, -0.2) is 9.79 Å². The van der Waals surface area contributed by atoms with Gasteiger partial charge in [-0.2, -0.15) is 0 Å². The van der Waals surface area contributed by atoms with Gasteiger partial charge in [0, 0.05) is 5.54 Å². The molecule has 0 aliphatic carbocycles. The molecule has 0 saturated heterocycles. The normalized spacial score (nSPS) is 12.1. The summed E-state index contributed by atoms with van der Waals surface area (Å²) >= 11 is 0. The molecule has 0 atom stereocenters. The summed E-state index contributed by atoms with van der Waals surface area (Å²) in [5.74, 6) is 0.104. The van der Waals surface area contributed by atoms with Crippen molar-refractivity contribution in [3.05, 3.63) is 29.3 Å². The molecule has 0 aliphatic rings. The molecular weight excluding hydrogens is 264 g/mol. The standard InChI is InChI=1S/C16H26N4O/c1-6-11-9-8-10-12(7-2)13(11)18-14(17)19-15(21)20-16(3,4)5/h8-10H,6-7H2,1-5H3,(H4,17,18,19,20,21). The lowest BCUT2D eigenvalue weighted by atomic mass is 10.0. The summed E-state index contributed by atoms with van der Waals surface area (Å²) in [6, 6.07) is 5.73. The van der Waals surface area contributed by atoms with E-state index in [-0.39, 0.29) is 17.5 Å². The third-order valence-corrected chi connectivity index (χ3v) is 2.93. The monoisotopic (exact) mass is 290 g/mol. The molecule has 1 aromatic carbocycles. The maximum absolute atomic E-state index is 11.8. The van der Waals surface area contributed by atoms with Gasteiger partial charge in [0.2, 0.25) is 5.96 Å². The minimum Gasteiger partial charge on any atom is -0.369 e. The molecular formula is C16H26N4O. The zero-order valence-corrected chi connectivity index (χ0v) is 13.6. The summed E-state index contributed by atoms with van der Waals surface area (Å²) in [6.07, 6.45) is 1.74. The third kappa shape index (κ3) is 5.45. The van der Waals surface area contributed by atoms with Gasteiger partial charge < -0.3 is 11.1 Å². The lowest BCUT2D eigenvalue weighted by Crippen LogP contribution is -2.50. The van der Waals surface area contributed by atoms with E-state index in [0.29, 0.717) is 0 Å². The first kappa shape index (κ1) is 17.0. The molecule has 0 fully saturated rings. The number of hydrogen-bond acceptors (Lipinski definition) is 2. The van der Waals surface area contributed by atoms with Gasteiger partial charge in [-0.1, -0.05) is 32.0 Å². The smallest absolute Gasteiger partial charge is 0.321 e. The van der Waals surface area contributed by atoms with Crippen LogP contribution < -0.4 is 16.4 Å². The van der Waals surface area contributed by atoms with Gasteiger partial charge in [0.05, 0.1) is 5.69 Å². The van der Waals surface area contributed by atoms with Crippen molar-refractivity contribution in [2.24, 2.45) is 10.7 Å². The number of urea groups is 1. The van der Waals surface area contributed by atoms with Crippen molar-refractivity contribution in [1.29, 1.82) is 0 Å². The van der Waals surface area contributed by atoms with Crippen LogP contribution in [0.4, 0.5) is 10.5 Å². The second-order valence-electron chi connectivity index (χ2n) is 5.96.